The second-order valence-electron chi connectivity index (χ2n) is 6.17. The van der Waals surface area contributed by atoms with Crippen molar-refractivity contribution in [1.82, 2.24) is 9.97 Å². The maximum atomic E-state index is 12.5. The molecule has 0 spiro atoms. The third kappa shape index (κ3) is 3.34. The molecule has 0 aliphatic heterocycles. The number of nitrogens with one attached hydrogen (secondary N) is 1. The molecular formula is C21H17N3OS. The van der Waals surface area contributed by atoms with Gasteiger partial charge in [-0.1, -0.05) is 23.8 Å². The van der Waals surface area contributed by atoms with Gasteiger partial charge in [-0.3, -0.25) is 9.78 Å². The van der Waals surface area contributed by atoms with Crippen molar-refractivity contribution in [3.8, 4) is 11.3 Å². The number of aryl methyl sites for hydroxylation is 2. The number of benzene rings is 2. The first-order valence-electron chi connectivity index (χ1n) is 8.30. The van der Waals surface area contributed by atoms with E-state index in [4.69, 9.17) is 0 Å². The zero-order valence-corrected chi connectivity index (χ0v) is 15.3. The van der Waals surface area contributed by atoms with E-state index in [-0.39, 0.29) is 5.91 Å². The molecule has 1 N–H and O–H groups in total. The number of hydrogen-bond donors (Lipinski definition) is 1. The quantitative estimate of drug-likeness (QED) is 0.545. The highest BCUT2D eigenvalue weighted by Gasteiger charge is 2.09. The molecule has 0 radical (unpaired) electrons. The first-order chi connectivity index (χ1) is 12.6. The molecule has 5 heteroatoms. The van der Waals surface area contributed by atoms with E-state index in [9.17, 15) is 4.79 Å². The van der Waals surface area contributed by atoms with Gasteiger partial charge < -0.3 is 5.32 Å². The number of rotatable bonds is 3. The number of aromatic nitrogens is 2. The molecule has 0 bridgehead atoms. The summed E-state index contributed by atoms with van der Waals surface area (Å²) in [7, 11) is 0. The molecule has 0 saturated carbocycles. The number of amides is 1. The van der Waals surface area contributed by atoms with E-state index in [0.717, 1.165) is 32.2 Å². The van der Waals surface area contributed by atoms with Gasteiger partial charge in [0, 0.05) is 17.4 Å². The van der Waals surface area contributed by atoms with Crippen molar-refractivity contribution >= 4 is 33.1 Å². The van der Waals surface area contributed by atoms with Crippen LogP contribution in [0.2, 0.25) is 0 Å². The van der Waals surface area contributed by atoms with E-state index in [1.807, 2.05) is 56.3 Å². The van der Waals surface area contributed by atoms with Crippen LogP contribution in [0.1, 0.15) is 20.9 Å². The minimum atomic E-state index is -0.181. The summed E-state index contributed by atoms with van der Waals surface area (Å²) in [5.41, 5.74) is 5.23. The molecule has 0 aliphatic rings. The number of hydrogen-bond acceptors (Lipinski definition) is 4. The molecule has 4 nitrogen and oxygen atoms in total. The highest BCUT2D eigenvalue weighted by atomic mass is 32.1. The predicted octanol–water partition coefficient (Wildman–Crippen LogP) is 5.23. The Bertz CT molecular complexity index is 1100. The summed E-state index contributed by atoms with van der Waals surface area (Å²) >= 11 is 1.64. The highest BCUT2D eigenvalue weighted by molar-refractivity contribution is 7.18. The molecule has 26 heavy (non-hydrogen) atoms. The SMILES string of the molecule is Cc1cccc(-c2ccc(C(=O)Nc3ccc4sc(C)nc4c3)cn2)c1. The Balaban J connectivity index is 1.53. The maximum absolute atomic E-state index is 12.5. The maximum Gasteiger partial charge on any atom is 0.257 e. The van der Waals surface area contributed by atoms with Gasteiger partial charge >= 0.3 is 0 Å². The lowest BCUT2D eigenvalue weighted by molar-refractivity contribution is 0.102. The molecule has 2 aromatic heterocycles. The molecular weight excluding hydrogens is 342 g/mol. The summed E-state index contributed by atoms with van der Waals surface area (Å²) in [5, 5.41) is 3.93. The Hall–Kier alpha value is -3.05. The topological polar surface area (TPSA) is 54.9 Å². The lowest BCUT2D eigenvalue weighted by atomic mass is 10.1. The van der Waals surface area contributed by atoms with Crippen LogP contribution in [0.4, 0.5) is 5.69 Å². The molecule has 4 rings (SSSR count). The highest BCUT2D eigenvalue weighted by Crippen LogP contribution is 2.25. The predicted molar refractivity (Wildman–Crippen MR) is 107 cm³/mol. The number of anilines is 1. The smallest absolute Gasteiger partial charge is 0.257 e. The number of pyridine rings is 1. The summed E-state index contributed by atoms with van der Waals surface area (Å²) in [4.78, 5) is 21.4. The van der Waals surface area contributed by atoms with E-state index >= 15 is 0 Å². The largest absolute Gasteiger partial charge is 0.322 e. The zero-order valence-electron chi connectivity index (χ0n) is 14.5. The van der Waals surface area contributed by atoms with Crippen molar-refractivity contribution in [2.24, 2.45) is 0 Å². The van der Waals surface area contributed by atoms with Crippen LogP contribution in [0.25, 0.3) is 21.5 Å². The minimum absolute atomic E-state index is 0.181. The van der Waals surface area contributed by atoms with E-state index in [1.165, 1.54) is 5.56 Å². The molecule has 2 aromatic carbocycles. The van der Waals surface area contributed by atoms with Gasteiger partial charge in [0.25, 0.3) is 5.91 Å². The fourth-order valence-corrected chi connectivity index (χ4v) is 3.63. The van der Waals surface area contributed by atoms with Crippen LogP contribution in [0.3, 0.4) is 0 Å². The van der Waals surface area contributed by atoms with E-state index in [2.05, 4.69) is 21.4 Å². The summed E-state index contributed by atoms with van der Waals surface area (Å²) in [6.45, 7) is 4.02. The standard InChI is InChI=1S/C21H17N3OS/c1-13-4-3-5-15(10-13)18-8-6-16(12-22-18)21(25)24-17-7-9-20-19(11-17)23-14(2)26-20/h3-12H,1-2H3,(H,24,25). The Labute approximate surface area is 155 Å². The third-order valence-electron chi connectivity index (χ3n) is 4.09. The van der Waals surface area contributed by atoms with E-state index < -0.39 is 0 Å². The Morgan fingerprint density at radius 3 is 2.69 bits per heavy atom. The van der Waals surface area contributed by atoms with Crippen molar-refractivity contribution in [3.63, 3.8) is 0 Å². The summed E-state index contributed by atoms with van der Waals surface area (Å²) in [6, 6.07) is 17.6. The van der Waals surface area contributed by atoms with E-state index in [0.29, 0.717) is 5.56 Å². The minimum Gasteiger partial charge on any atom is -0.322 e. The van der Waals surface area contributed by atoms with Crippen LogP contribution in [0.15, 0.2) is 60.8 Å². The van der Waals surface area contributed by atoms with Gasteiger partial charge in [-0.15, -0.1) is 11.3 Å². The molecule has 0 aliphatic carbocycles. The fraction of sp³-hybridized carbons (Fsp3) is 0.0952. The molecule has 0 saturated heterocycles. The van der Waals surface area contributed by atoms with Crippen LogP contribution in [-0.4, -0.2) is 15.9 Å². The molecule has 0 unspecified atom stereocenters. The van der Waals surface area contributed by atoms with Gasteiger partial charge in [-0.05, 0) is 50.2 Å². The molecule has 0 fully saturated rings. The van der Waals surface area contributed by atoms with Crippen LogP contribution in [0.5, 0.6) is 0 Å². The number of carbonyl (C=O) groups excluding carboxylic acids is 1. The van der Waals surface area contributed by atoms with Crippen molar-refractivity contribution in [3.05, 3.63) is 76.9 Å². The summed E-state index contributed by atoms with van der Waals surface area (Å²) in [5.74, 6) is -0.181. The average Bonchev–Trinajstić information content (AvgIpc) is 3.01. The lowest BCUT2D eigenvalue weighted by Gasteiger charge is -2.06. The number of thiazole rings is 1. The van der Waals surface area contributed by atoms with Gasteiger partial charge in [0.05, 0.1) is 26.5 Å². The second kappa shape index (κ2) is 6.69. The molecule has 128 valence electrons. The van der Waals surface area contributed by atoms with Gasteiger partial charge in [0.2, 0.25) is 0 Å². The monoisotopic (exact) mass is 359 g/mol. The van der Waals surface area contributed by atoms with Crippen molar-refractivity contribution < 1.29 is 4.79 Å². The normalized spacial score (nSPS) is 10.8. The number of fused-ring (bicyclic) bond motifs is 1. The average molecular weight is 359 g/mol. The Morgan fingerprint density at radius 1 is 1.04 bits per heavy atom. The fourth-order valence-electron chi connectivity index (χ4n) is 2.83. The second-order valence-corrected chi connectivity index (χ2v) is 7.41. The Morgan fingerprint density at radius 2 is 1.92 bits per heavy atom. The van der Waals surface area contributed by atoms with Crippen LogP contribution < -0.4 is 5.32 Å². The van der Waals surface area contributed by atoms with Crippen LogP contribution in [-0.2, 0) is 0 Å². The molecule has 4 aromatic rings. The van der Waals surface area contributed by atoms with Crippen molar-refractivity contribution in [1.29, 1.82) is 0 Å². The molecule has 1 amide bonds. The van der Waals surface area contributed by atoms with Crippen molar-refractivity contribution in [2.75, 3.05) is 5.32 Å². The number of nitrogens with zero attached hydrogens (tertiary/aromatic N) is 2. The first-order valence-corrected chi connectivity index (χ1v) is 9.12. The summed E-state index contributed by atoms with van der Waals surface area (Å²) < 4.78 is 1.12. The Kier molecular flexibility index (Phi) is 4.22. The van der Waals surface area contributed by atoms with Gasteiger partial charge in [-0.25, -0.2) is 4.98 Å². The lowest BCUT2D eigenvalue weighted by Crippen LogP contribution is -2.12. The van der Waals surface area contributed by atoms with Crippen LogP contribution in [0, 0.1) is 13.8 Å². The van der Waals surface area contributed by atoms with Crippen LogP contribution >= 0.6 is 11.3 Å². The summed E-state index contributed by atoms with van der Waals surface area (Å²) in [6.07, 6.45) is 1.61. The molecule has 0 atom stereocenters. The first kappa shape index (κ1) is 16.4. The number of carbonyl (C=O) groups is 1. The van der Waals surface area contributed by atoms with Crippen molar-refractivity contribution in [2.45, 2.75) is 13.8 Å². The van der Waals surface area contributed by atoms with Gasteiger partial charge in [0.1, 0.15) is 0 Å². The van der Waals surface area contributed by atoms with Gasteiger partial charge in [0.15, 0.2) is 0 Å². The van der Waals surface area contributed by atoms with Gasteiger partial charge in [-0.2, -0.15) is 0 Å². The third-order valence-corrected chi connectivity index (χ3v) is 5.04. The van der Waals surface area contributed by atoms with E-state index in [1.54, 1.807) is 23.6 Å². The molecule has 2 heterocycles. The zero-order chi connectivity index (χ0) is 18.1.